The van der Waals surface area contributed by atoms with Gasteiger partial charge in [0.15, 0.2) is 0 Å². The lowest BCUT2D eigenvalue weighted by Crippen LogP contribution is -2.37. The fraction of sp³-hybridized carbons (Fsp3) is 0. The van der Waals surface area contributed by atoms with Gasteiger partial charge in [-0.2, -0.15) is 0 Å². The highest BCUT2D eigenvalue weighted by molar-refractivity contribution is 9.10. The summed E-state index contributed by atoms with van der Waals surface area (Å²) in [5, 5.41) is 11.9. The maximum absolute atomic E-state index is 12.1. The van der Waals surface area contributed by atoms with Gasteiger partial charge in [0.2, 0.25) is 0 Å². The normalized spacial score (nSPS) is 10.2. The number of amides is 3. The minimum absolute atomic E-state index is 0.0196. The Labute approximate surface area is 143 Å². The van der Waals surface area contributed by atoms with Gasteiger partial charge >= 0.3 is 6.03 Å². The van der Waals surface area contributed by atoms with Crippen LogP contribution in [0.5, 0.6) is 0 Å². The summed E-state index contributed by atoms with van der Waals surface area (Å²) in [5.74, 6) is -0.893. The van der Waals surface area contributed by atoms with E-state index in [4.69, 9.17) is 23.2 Å². The lowest BCUT2D eigenvalue weighted by Gasteiger charge is -2.15. The van der Waals surface area contributed by atoms with Crippen molar-refractivity contribution >= 4 is 56.9 Å². The Morgan fingerprint density at radius 1 is 1.18 bits per heavy atom. The molecule has 0 saturated carbocycles. The summed E-state index contributed by atoms with van der Waals surface area (Å²) in [6, 6.07) is 6.41. The number of hydroxylamine groups is 2. The second-order valence-corrected chi connectivity index (χ2v) is 5.74. The van der Waals surface area contributed by atoms with Crippen molar-refractivity contribution in [2.24, 2.45) is 0 Å². The van der Waals surface area contributed by atoms with E-state index in [0.29, 0.717) is 4.47 Å². The number of imide groups is 1. The molecule has 0 aliphatic carbocycles. The number of hydrogen-bond donors (Lipinski definition) is 2. The molecule has 22 heavy (non-hydrogen) atoms. The van der Waals surface area contributed by atoms with Gasteiger partial charge in [-0.25, -0.2) is 9.78 Å². The van der Waals surface area contributed by atoms with E-state index < -0.39 is 11.9 Å². The van der Waals surface area contributed by atoms with Crippen LogP contribution < -0.4 is 5.32 Å². The molecular formula is C13H8BrCl2N3O3. The molecule has 0 aliphatic rings. The molecule has 1 aromatic heterocycles. The molecule has 3 amide bonds. The Hall–Kier alpha value is -1.67. The summed E-state index contributed by atoms with van der Waals surface area (Å²) < 4.78 is 0.713. The first-order valence-electron chi connectivity index (χ1n) is 5.80. The molecule has 0 aliphatic heterocycles. The lowest BCUT2D eigenvalue weighted by molar-refractivity contribution is -0.0187. The quantitative estimate of drug-likeness (QED) is 0.580. The molecule has 0 atom stereocenters. The Morgan fingerprint density at radius 3 is 2.36 bits per heavy atom. The SMILES string of the molecule is O=C(Nc1ccc(Br)cn1)N(O)C(=O)c1c(Cl)cccc1Cl. The van der Waals surface area contributed by atoms with E-state index in [2.05, 4.69) is 26.2 Å². The van der Waals surface area contributed by atoms with E-state index in [9.17, 15) is 14.8 Å². The number of carbonyl (C=O) groups excluding carboxylic acids is 2. The van der Waals surface area contributed by atoms with Gasteiger partial charge in [0.25, 0.3) is 5.91 Å². The van der Waals surface area contributed by atoms with Crippen LogP contribution in [0.15, 0.2) is 41.0 Å². The van der Waals surface area contributed by atoms with Crippen LogP contribution in [0.4, 0.5) is 10.6 Å². The van der Waals surface area contributed by atoms with Crippen LogP contribution >= 0.6 is 39.1 Å². The number of benzene rings is 1. The number of rotatable bonds is 2. The smallest absolute Gasteiger partial charge is 0.290 e. The van der Waals surface area contributed by atoms with E-state index in [1.54, 1.807) is 6.07 Å². The second kappa shape index (κ2) is 7.06. The average molecular weight is 405 g/mol. The van der Waals surface area contributed by atoms with Crippen LogP contribution in [0.3, 0.4) is 0 Å². The van der Waals surface area contributed by atoms with E-state index >= 15 is 0 Å². The Bertz CT molecular complexity index is 705. The van der Waals surface area contributed by atoms with Crippen molar-refractivity contribution < 1.29 is 14.8 Å². The summed E-state index contributed by atoms with van der Waals surface area (Å²) in [7, 11) is 0. The van der Waals surface area contributed by atoms with Gasteiger partial charge < -0.3 is 0 Å². The average Bonchev–Trinajstić information content (AvgIpc) is 2.48. The fourth-order valence-electron chi connectivity index (χ4n) is 1.51. The topological polar surface area (TPSA) is 82.5 Å². The van der Waals surface area contributed by atoms with E-state index in [-0.39, 0.29) is 26.5 Å². The largest absolute Gasteiger partial charge is 0.354 e. The van der Waals surface area contributed by atoms with E-state index in [1.807, 2.05) is 0 Å². The van der Waals surface area contributed by atoms with Crippen molar-refractivity contribution in [1.82, 2.24) is 10.0 Å². The molecule has 0 radical (unpaired) electrons. The summed E-state index contributed by atoms with van der Waals surface area (Å²) in [6.45, 7) is 0. The zero-order chi connectivity index (χ0) is 16.3. The zero-order valence-corrected chi connectivity index (χ0v) is 13.9. The number of carbonyl (C=O) groups is 2. The first-order valence-corrected chi connectivity index (χ1v) is 7.35. The number of nitrogens with zero attached hydrogens (tertiary/aromatic N) is 2. The van der Waals surface area contributed by atoms with E-state index in [0.717, 1.165) is 0 Å². The molecule has 0 saturated heterocycles. The third kappa shape index (κ3) is 3.75. The number of pyridine rings is 1. The van der Waals surface area contributed by atoms with Crippen molar-refractivity contribution in [3.05, 3.63) is 56.6 Å². The number of nitrogens with one attached hydrogen (secondary N) is 1. The number of urea groups is 1. The minimum Gasteiger partial charge on any atom is -0.290 e. The van der Waals surface area contributed by atoms with Gasteiger partial charge in [0, 0.05) is 10.7 Å². The van der Waals surface area contributed by atoms with Crippen LogP contribution in [0.1, 0.15) is 10.4 Å². The monoisotopic (exact) mass is 403 g/mol. The highest BCUT2D eigenvalue weighted by atomic mass is 79.9. The van der Waals surface area contributed by atoms with Gasteiger partial charge in [-0.05, 0) is 40.2 Å². The summed E-state index contributed by atoms with van der Waals surface area (Å²) in [5.41, 5.74) is -0.174. The highest BCUT2D eigenvalue weighted by Gasteiger charge is 2.25. The Kier molecular flexibility index (Phi) is 5.36. The van der Waals surface area contributed by atoms with Crippen molar-refractivity contribution in [3.63, 3.8) is 0 Å². The maximum atomic E-state index is 12.1. The predicted octanol–water partition coefficient (Wildman–Crippen LogP) is 4.21. The van der Waals surface area contributed by atoms with Gasteiger partial charge in [0.1, 0.15) is 5.82 Å². The minimum atomic E-state index is -1.09. The zero-order valence-electron chi connectivity index (χ0n) is 10.8. The Balaban J connectivity index is 2.16. The molecule has 2 N–H and O–H groups in total. The summed E-state index contributed by atoms with van der Waals surface area (Å²) in [4.78, 5) is 27.8. The molecule has 0 unspecified atom stereocenters. The van der Waals surface area contributed by atoms with E-state index in [1.165, 1.54) is 30.5 Å². The fourth-order valence-corrected chi connectivity index (χ4v) is 2.31. The third-order valence-electron chi connectivity index (χ3n) is 2.52. The Morgan fingerprint density at radius 2 is 1.82 bits per heavy atom. The molecule has 2 aromatic rings. The predicted molar refractivity (Wildman–Crippen MR) is 85.4 cm³/mol. The number of anilines is 1. The summed E-state index contributed by atoms with van der Waals surface area (Å²) >= 11 is 14.9. The van der Waals surface area contributed by atoms with Gasteiger partial charge in [-0.15, -0.1) is 5.06 Å². The van der Waals surface area contributed by atoms with Gasteiger partial charge in [-0.1, -0.05) is 29.3 Å². The molecule has 0 spiro atoms. The number of halogens is 3. The first kappa shape index (κ1) is 16.7. The third-order valence-corrected chi connectivity index (χ3v) is 3.62. The second-order valence-electron chi connectivity index (χ2n) is 4.01. The molecule has 6 nitrogen and oxygen atoms in total. The lowest BCUT2D eigenvalue weighted by atomic mass is 10.2. The first-order chi connectivity index (χ1) is 10.4. The van der Waals surface area contributed by atoms with Gasteiger partial charge in [0.05, 0.1) is 15.6 Å². The highest BCUT2D eigenvalue weighted by Crippen LogP contribution is 2.25. The molecule has 0 bridgehead atoms. The summed E-state index contributed by atoms with van der Waals surface area (Å²) in [6.07, 6.45) is 1.45. The van der Waals surface area contributed by atoms with Crippen molar-refractivity contribution in [2.45, 2.75) is 0 Å². The van der Waals surface area contributed by atoms with Crippen LogP contribution in [-0.4, -0.2) is 27.2 Å². The van der Waals surface area contributed by atoms with Crippen molar-refractivity contribution in [2.75, 3.05) is 5.32 Å². The van der Waals surface area contributed by atoms with Crippen molar-refractivity contribution in [1.29, 1.82) is 0 Å². The molecule has 0 fully saturated rings. The van der Waals surface area contributed by atoms with Crippen LogP contribution in [-0.2, 0) is 0 Å². The van der Waals surface area contributed by atoms with Crippen LogP contribution in [0.25, 0.3) is 0 Å². The maximum Gasteiger partial charge on any atom is 0.354 e. The molecule has 114 valence electrons. The molecule has 1 aromatic carbocycles. The van der Waals surface area contributed by atoms with Gasteiger partial charge in [-0.3, -0.25) is 15.3 Å². The van der Waals surface area contributed by atoms with Crippen LogP contribution in [0.2, 0.25) is 10.0 Å². The van der Waals surface area contributed by atoms with Crippen LogP contribution in [0, 0.1) is 0 Å². The molecule has 1 heterocycles. The molecule has 9 heteroatoms. The number of hydrogen-bond acceptors (Lipinski definition) is 4. The van der Waals surface area contributed by atoms with Crippen molar-refractivity contribution in [3.8, 4) is 0 Å². The standard InChI is InChI=1S/C13H8BrCl2N3O3/c14-7-4-5-10(17-6-7)18-13(21)19(22)12(20)11-8(15)2-1-3-9(11)16/h1-6,22H,(H,17,18,21). The molecule has 2 rings (SSSR count). The molecular weight excluding hydrogens is 397 g/mol. The number of aromatic nitrogens is 1.